The van der Waals surface area contributed by atoms with Gasteiger partial charge in [0.2, 0.25) is 11.8 Å². The van der Waals surface area contributed by atoms with Gasteiger partial charge in [-0.2, -0.15) is 0 Å². The van der Waals surface area contributed by atoms with Gasteiger partial charge in [0, 0.05) is 6.54 Å². The largest absolute Gasteiger partial charge is 0.508 e. The molecule has 5 aromatic carbocycles. The molecule has 0 radical (unpaired) electrons. The quantitative estimate of drug-likeness (QED) is 0.126. The van der Waals surface area contributed by atoms with Gasteiger partial charge in [0.25, 0.3) is 0 Å². The second-order valence-corrected chi connectivity index (χ2v) is 15.9. The van der Waals surface area contributed by atoms with E-state index in [0.29, 0.717) is 16.7 Å². The molecule has 13 nitrogen and oxygen atoms in total. The van der Waals surface area contributed by atoms with Crippen molar-refractivity contribution >= 4 is 35.5 Å². The molecular weight excluding hydrogens is 777 g/mol. The minimum atomic E-state index is -2.03. The number of aromatic hydroxyl groups is 1. The third kappa shape index (κ3) is 6.99. The Morgan fingerprint density at radius 2 is 1.36 bits per heavy atom. The molecule has 61 heavy (non-hydrogen) atoms. The molecule has 0 unspecified atom stereocenters. The summed E-state index contributed by atoms with van der Waals surface area (Å²) in [5.41, 5.74) is 0.781. The van der Waals surface area contributed by atoms with Crippen LogP contribution in [0.5, 0.6) is 5.75 Å². The van der Waals surface area contributed by atoms with Crippen molar-refractivity contribution in [2.45, 2.75) is 55.6 Å². The minimum Gasteiger partial charge on any atom is -0.508 e. The van der Waals surface area contributed by atoms with Gasteiger partial charge in [-0.25, -0.2) is 14.5 Å². The second-order valence-electron chi connectivity index (χ2n) is 15.9. The molecule has 3 aliphatic rings. The lowest BCUT2D eigenvalue weighted by atomic mass is 9.65. The Morgan fingerprint density at radius 3 is 1.98 bits per heavy atom. The summed E-state index contributed by atoms with van der Waals surface area (Å²) in [7, 11) is 1.20. The number of fused-ring (bicyclic) bond motifs is 3. The summed E-state index contributed by atoms with van der Waals surface area (Å²) < 4.78 is 11.4. The van der Waals surface area contributed by atoms with Crippen molar-refractivity contribution in [3.05, 3.63) is 167 Å². The average molecular weight is 823 g/mol. The van der Waals surface area contributed by atoms with E-state index < -0.39 is 83.4 Å². The summed E-state index contributed by atoms with van der Waals surface area (Å²) in [5.74, 6) is -5.12. The number of hydrogen-bond acceptors (Lipinski definition) is 10. The highest BCUT2D eigenvalue weighted by molar-refractivity contribution is 6.25. The maximum Gasteiger partial charge on any atom is 0.329 e. The Labute approximate surface area is 352 Å². The maximum absolute atomic E-state index is 16.1. The molecule has 13 heteroatoms. The fraction of sp³-hybridized carbons (Fsp3) is 0.271. The number of carbonyl (C=O) groups excluding carboxylic acids is 5. The van der Waals surface area contributed by atoms with E-state index >= 15 is 14.4 Å². The Kier molecular flexibility index (Phi) is 11.2. The highest BCUT2D eigenvalue weighted by Gasteiger charge is 2.75. The number of rotatable bonds is 10. The van der Waals surface area contributed by atoms with E-state index in [1.165, 1.54) is 19.2 Å². The van der Waals surface area contributed by atoms with Gasteiger partial charge in [-0.1, -0.05) is 135 Å². The van der Waals surface area contributed by atoms with E-state index in [9.17, 15) is 19.8 Å². The number of nitrogens with one attached hydrogen (secondary N) is 2. The number of aliphatic hydroxyl groups excluding tert-OH is 1. The molecule has 0 aliphatic carbocycles. The highest BCUT2D eigenvalue weighted by atomic mass is 16.6. The fourth-order valence-corrected chi connectivity index (χ4v) is 9.44. The standard InChI is InChI=1S/C48H46N4O9/c1-28(2)38(44(56)60-3)50-47(59)51-35-22-14-13-21-34(35)48(46(51)58)37(43(55)49-27-36(54)29-15-7-4-8-16-29)40-45(57)61-41(31-19-11-6-12-20-31)39(30-17-9-5-10-18-30)52(40)42(48)32-23-25-33(53)26-24-32/h4-26,28,36-42,53-54H,27H2,1-3H3,(H,49,55)(H,50,59)/t36-,37+,38-,39+,40+,41-,42-,48+/m0/s1. The molecule has 8 rings (SSSR count). The fourth-order valence-electron chi connectivity index (χ4n) is 9.44. The third-order valence-electron chi connectivity index (χ3n) is 12.1. The van der Waals surface area contributed by atoms with Crippen LogP contribution >= 0.6 is 0 Å². The van der Waals surface area contributed by atoms with Crippen LogP contribution in [0.1, 0.15) is 66.0 Å². The molecule has 0 bridgehead atoms. The highest BCUT2D eigenvalue weighted by Crippen LogP contribution is 2.65. The minimum absolute atomic E-state index is 0.0574. The predicted molar refractivity (Wildman–Crippen MR) is 224 cm³/mol. The summed E-state index contributed by atoms with van der Waals surface area (Å²) in [6.07, 6.45) is -2.08. The smallest absolute Gasteiger partial charge is 0.329 e. The number of urea groups is 1. The van der Waals surface area contributed by atoms with Crippen LogP contribution in [0, 0.1) is 11.8 Å². The van der Waals surface area contributed by atoms with Crippen molar-refractivity contribution in [2.24, 2.45) is 11.8 Å². The molecule has 4 amide bonds. The van der Waals surface area contributed by atoms with E-state index in [2.05, 4.69) is 10.6 Å². The van der Waals surface area contributed by atoms with Crippen LogP contribution < -0.4 is 15.5 Å². The summed E-state index contributed by atoms with van der Waals surface area (Å²) in [6, 6.07) is 34.7. The van der Waals surface area contributed by atoms with Crippen molar-refractivity contribution in [3.63, 3.8) is 0 Å². The molecule has 2 saturated heterocycles. The zero-order valence-corrected chi connectivity index (χ0v) is 33.8. The molecule has 8 atom stereocenters. The zero-order valence-electron chi connectivity index (χ0n) is 33.8. The third-order valence-corrected chi connectivity index (χ3v) is 12.1. The van der Waals surface area contributed by atoms with E-state index in [1.807, 2.05) is 65.6 Å². The van der Waals surface area contributed by atoms with Crippen molar-refractivity contribution in [1.29, 1.82) is 0 Å². The van der Waals surface area contributed by atoms with Gasteiger partial charge in [0.05, 0.1) is 36.9 Å². The zero-order chi connectivity index (χ0) is 43.0. The number of ether oxygens (including phenoxy) is 2. The number of benzene rings is 5. The summed E-state index contributed by atoms with van der Waals surface area (Å²) in [5, 5.41) is 27.4. The van der Waals surface area contributed by atoms with Gasteiger partial charge in [0.1, 0.15) is 29.4 Å². The number of cyclic esters (lactones) is 1. The normalized spacial score (nSPS) is 24.1. The Morgan fingerprint density at radius 1 is 0.770 bits per heavy atom. The van der Waals surface area contributed by atoms with Crippen molar-refractivity contribution in [3.8, 4) is 5.75 Å². The van der Waals surface area contributed by atoms with Crippen molar-refractivity contribution in [2.75, 3.05) is 18.6 Å². The first kappa shape index (κ1) is 40.9. The van der Waals surface area contributed by atoms with E-state index in [4.69, 9.17) is 9.47 Å². The number of morpholine rings is 1. The van der Waals surface area contributed by atoms with Crippen LogP contribution in [0.4, 0.5) is 10.5 Å². The number of anilines is 1. The number of methoxy groups -OCH3 is 1. The molecule has 1 spiro atoms. The summed E-state index contributed by atoms with van der Waals surface area (Å²) in [6.45, 7) is 3.17. The maximum atomic E-state index is 16.1. The summed E-state index contributed by atoms with van der Waals surface area (Å²) >= 11 is 0. The van der Waals surface area contributed by atoms with Gasteiger partial charge in [0.15, 0.2) is 0 Å². The van der Waals surface area contributed by atoms with E-state index in [1.54, 1.807) is 80.6 Å². The van der Waals surface area contributed by atoms with Crippen LogP contribution in [-0.4, -0.2) is 70.6 Å². The monoisotopic (exact) mass is 822 g/mol. The molecule has 2 fully saturated rings. The lowest BCUT2D eigenvalue weighted by Gasteiger charge is -2.46. The molecule has 0 aromatic heterocycles. The first-order chi connectivity index (χ1) is 29.5. The molecular formula is C48H46N4O9. The molecule has 3 heterocycles. The molecule has 3 aliphatic heterocycles. The van der Waals surface area contributed by atoms with E-state index in [-0.39, 0.29) is 23.5 Å². The molecule has 5 aromatic rings. The van der Waals surface area contributed by atoms with Gasteiger partial charge >= 0.3 is 18.0 Å². The van der Waals surface area contributed by atoms with Crippen LogP contribution in [0.15, 0.2) is 140 Å². The van der Waals surface area contributed by atoms with Crippen LogP contribution in [0.2, 0.25) is 0 Å². The number of carbonyl (C=O) groups is 5. The summed E-state index contributed by atoms with van der Waals surface area (Å²) in [4.78, 5) is 76.9. The van der Waals surface area contributed by atoms with E-state index in [0.717, 1.165) is 10.5 Å². The van der Waals surface area contributed by atoms with Gasteiger partial charge in [-0.3, -0.25) is 19.3 Å². The first-order valence-electron chi connectivity index (χ1n) is 20.2. The molecule has 0 saturated carbocycles. The average Bonchev–Trinajstić information content (AvgIpc) is 3.74. The second kappa shape index (κ2) is 16.7. The number of imide groups is 1. The Hall–Kier alpha value is -6.83. The number of nitrogens with zero attached hydrogens (tertiary/aromatic N) is 2. The SMILES string of the molecule is COC(=O)[C@@H](NC(=O)N1C(=O)[C@@]2(c3ccccc31)[C@H](c1ccc(O)cc1)N1[C@H](c3ccccc3)[C@H](c3ccccc3)OC(=O)[C@H]1[C@@H]2C(=O)NC[C@H](O)c1ccccc1)C(C)C. The number of para-hydroxylation sites is 1. The number of phenolic OH excluding ortho intramolecular Hbond substituents is 1. The molecule has 4 N–H and O–H groups in total. The predicted octanol–water partition coefficient (Wildman–Crippen LogP) is 5.81. The Bertz CT molecular complexity index is 2430. The lowest BCUT2D eigenvalue weighted by Crippen LogP contribution is -2.58. The van der Waals surface area contributed by atoms with Gasteiger partial charge in [-0.15, -0.1) is 0 Å². The lowest BCUT2D eigenvalue weighted by molar-refractivity contribution is -0.178. The van der Waals surface area contributed by atoms with Crippen molar-refractivity contribution in [1.82, 2.24) is 15.5 Å². The van der Waals surface area contributed by atoms with Gasteiger partial charge in [-0.05, 0) is 51.9 Å². The Balaban J connectivity index is 1.38. The van der Waals surface area contributed by atoms with Crippen molar-refractivity contribution < 1.29 is 43.7 Å². The van der Waals surface area contributed by atoms with Gasteiger partial charge < -0.3 is 30.3 Å². The number of phenols is 1. The number of esters is 2. The first-order valence-corrected chi connectivity index (χ1v) is 20.2. The topological polar surface area (TPSA) is 175 Å². The van der Waals surface area contributed by atoms with Crippen LogP contribution in [0.3, 0.4) is 0 Å². The number of amides is 4. The van der Waals surface area contributed by atoms with Crippen LogP contribution in [0.25, 0.3) is 0 Å². The van der Waals surface area contributed by atoms with Crippen LogP contribution in [-0.2, 0) is 34.1 Å². The number of hydrogen-bond donors (Lipinski definition) is 4. The number of aliphatic hydroxyl groups is 1. The molecule has 312 valence electrons.